The van der Waals surface area contributed by atoms with Crippen LogP contribution in [-0.4, -0.2) is 58.8 Å². The molecule has 1 heterocycles. The fourth-order valence-electron chi connectivity index (χ4n) is 2.87. The number of rotatable bonds is 7. The van der Waals surface area contributed by atoms with E-state index in [0.717, 1.165) is 13.1 Å². The van der Waals surface area contributed by atoms with E-state index >= 15 is 0 Å². The van der Waals surface area contributed by atoms with E-state index in [4.69, 9.17) is 37.9 Å². The summed E-state index contributed by atoms with van der Waals surface area (Å²) in [5.41, 5.74) is 2.31. The Balaban J connectivity index is 1.75. The number of nitrogens with zero attached hydrogens (tertiary/aromatic N) is 1. The van der Waals surface area contributed by atoms with Crippen LogP contribution in [0.1, 0.15) is 5.56 Å². The first-order chi connectivity index (χ1) is 14.4. The maximum Gasteiger partial charge on any atom is 0.270 e. The second-order valence-corrected chi connectivity index (χ2v) is 7.39. The van der Waals surface area contributed by atoms with Crippen molar-refractivity contribution in [2.24, 2.45) is 0 Å². The van der Waals surface area contributed by atoms with Crippen molar-refractivity contribution < 1.29 is 29.7 Å². The van der Waals surface area contributed by atoms with Crippen LogP contribution in [0, 0.1) is 0 Å². The number of carbonyl (C=O) groups is 1. The van der Waals surface area contributed by atoms with Crippen molar-refractivity contribution in [2.45, 2.75) is 12.8 Å². The predicted molar refractivity (Wildman–Crippen MR) is 110 cm³/mol. The third-order valence-electron chi connectivity index (χ3n) is 4.40. The van der Waals surface area contributed by atoms with E-state index < -0.39 is 12.1 Å². The van der Waals surface area contributed by atoms with Gasteiger partial charge in [0.05, 0.1) is 23.3 Å². The smallest absolute Gasteiger partial charge is 0.270 e. The maximum absolute atomic E-state index is 11.6. The highest BCUT2D eigenvalue weighted by Crippen LogP contribution is 2.39. The van der Waals surface area contributed by atoms with Crippen molar-refractivity contribution >= 4 is 34.8 Å². The van der Waals surface area contributed by atoms with Crippen LogP contribution >= 0.6 is 23.2 Å². The Labute approximate surface area is 182 Å². The van der Waals surface area contributed by atoms with E-state index in [1.54, 1.807) is 12.1 Å². The molecular weight excluding hydrogens is 437 g/mol. The Morgan fingerprint density at radius 3 is 2.50 bits per heavy atom. The van der Waals surface area contributed by atoms with Crippen LogP contribution in [0.4, 0.5) is 5.69 Å². The highest BCUT2D eigenvalue weighted by molar-refractivity contribution is 6.37. The standard InChI is InChI=1S/C19H21Cl2N3O6/c20-14-8-12(22-18(26)19(27)23-28)9-15(21)17(14)30-13-1-2-16(25)11(7-13)10-24-3-5-29-6-4-24/h1-2,7-9,19,23,25,27-28H,3-6,10H2,(H,22,26). The molecule has 0 aliphatic carbocycles. The average molecular weight is 458 g/mol. The molecule has 0 bridgehead atoms. The SMILES string of the molecule is O=C(Nc1cc(Cl)c(Oc2ccc(O)c(CN3CCOCC3)c2)c(Cl)c1)C(O)NO. The lowest BCUT2D eigenvalue weighted by molar-refractivity contribution is -0.131. The Morgan fingerprint density at radius 2 is 1.87 bits per heavy atom. The molecule has 2 aromatic rings. The molecule has 0 spiro atoms. The zero-order valence-electron chi connectivity index (χ0n) is 15.8. The lowest BCUT2D eigenvalue weighted by atomic mass is 10.1. The molecule has 0 radical (unpaired) electrons. The monoisotopic (exact) mass is 457 g/mol. The number of hydrogen-bond donors (Lipinski definition) is 5. The number of hydroxylamine groups is 1. The number of phenols is 1. The number of hydrogen-bond acceptors (Lipinski definition) is 8. The normalized spacial score (nSPS) is 15.6. The third kappa shape index (κ3) is 5.73. The first-order valence-electron chi connectivity index (χ1n) is 9.05. The summed E-state index contributed by atoms with van der Waals surface area (Å²) in [7, 11) is 0. The molecular formula is C19H21Cl2N3O6. The number of aromatic hydroxyl groups is 1. The van der Waals surface area contributed by atoms with Gasteiger partial charge in [0.2, 0.25) is 6.23 Å². The summed E-state index contributed by atoms with van der Waals surface area (Å²) in [5, 5.41) is 30.6. The average Bonchev–Trinajstić information content (AvgIpc) is 2.73. The van der Waals surface area contributed by atoms with Gasteiger partial charge in [-0.05, 0) is 30.3 Å². The molecule has 1 aliphatic rings. The molecule has 30 heavy (non-hydrogen) atoms. The van der Waals surface area contributed by atoms with Crippen molar-refractivity contribution in [3.8, 4) is 17.2 Å². The molecule has 1 atom stereocenters. The van der Waals surface area contributed by atoms with E-state index in [0.29, 0.717) is 31.1 Å². The Kier molecular flexibility index (Phi) is 7.73. The van der Waals surface area contributed by atoms with Crippen LogP contribution in [0.5, 0.6) is 17.2 Å². The molecule has 162 valence electrons. The minimum Gasteiger partial charge on any atom is -0.508 e. The first-order valence-corrected chi connectivity index (χ1v) is 9.80. The lowest BCUT2D eigenvalue weighted by Gasteiger charge is -2.27. The number of morpholine rings is 1. The van der Waals surface area contributed by atoms with Crippen molar-refractivity contribution in [2.75, 3.05) is 31.6 Å². The van der Waals surface area contributed by atoms with E-state index in [9.17, 15) is 15.0 Å². The van der Waals surface area contributed by atoms with Crippen LogP contribution in [-0.2, 0) is 16.1 Å². The number of aliphatic hydroxyl groups is 1. The number of anilines is 1. The summed E-state index contributed by atoms with van der Waals surface area (Å²) in [4.78, 5) is 13.8. The number of carbonyl (C=O) groups excluding carboxylic acids is 1. The Morgan fingerprint density at radius 1 is 1.20 bits per heavy atom. The molecule has 1 saturated heterocycles. The van der Waals surface area contributed by atoms with Crippen LogP contribution in [0.15, 0.2) is 30.3 Å². The van der Waals surface area contributed by atoms with Crippen LogP contribution in [0.3, 0.4) is 0 Å². The molecule has 0 saturated carbocycles. The largest absolute Gasteiger partial charge is 0.508 e. The summed E-state index contributed by atoms with van der Waals surface area (Å²) < 4.78 is 11.2. The maximum atomic E-state index is 11.6. The van der Waals surface area contributed by atoms with Gasteiger partial charge in [0, 0.05) is 30.9 Å². The molecule has 9 nitrogen and oxygen atoms in total. The highest BCUT2D eigenvalue weighted by Gasteiger charge is 2.18. The van der Waals surface area contributed by atoms with Gasteiger partial charge in [-0.1, -0.05) is 23.2 Å². The molecule has 0 aromatic heterocycles. The van der Waals surface area contributed by atoms with E-state index in [-0.39, 0.29) is 27.2 Å². The van der Waals surface area contributed by atoms with Crippen molar-refractivity contribution in [3.05, 3.63) is 45.9 Å². The van der Waals surface area contributed by atoms with Gasteiger partial charge >= 0.3 is 0 Å². The summed E-state index contributed by atoms with van der Waals surface area (Å²) in [6.45, 7) is 3.39. The molecule has 1 unspecified atom stereocenters. The summed E-state index contributed by atoms with van der Waals surface area (Å²) in [6.07, 6.45) is -1.81. The van der Waals surface area contributed by atoms with Crippen molar-refractivity contribution in [1.82, 2.24) is 10.4 Å². The van der Waals surface area contributed by atoms with Gasteiger partial charge in [-0.3, -0.25) is 9.69 Å². The van der Waals surface area contributed by atoms with E-state index in [1.807, 2.05) is 0 Å². The van der Waals surface area contributed by atoms with Gasteiger partial charge in [-0.25, -0.2) is 0 Å². The fraction of sp³-hybridized carbons (Fsp3) is 0.316. The topological polar surface area (TPSA) is 124 Å². The first kappa shape index (κ1) is 22.6. The highest BCUT2D eigenvalue weighted by atomic mass is 35.5. The number of nitrogens with one attached hydrogen (secondary N) is 2. The fourth-order valence-corrected chi connectivity index (χ4v) is 3.43. The molecule has 3 rings (SSSR count). The second-order valence-electron chi connectivity index (χ2n) is 6.57. The molecule has 5 N–H and O–H groups in total. The minimum atomic E-state index is -1.81. The summed E-state index contributed by atoms with van der Waals surface area (Å²) >= 11 is 12.5. The van der Waals surface area contributed by atoms with E-state index in [1.165, 1.54) is 23.7 Å². The molecule has 1 amide bonds. The van der Waals surface area contributed by atoms with Crippen LogP contribution in [0.25, 0.3) is 0 Å². The molecule has 1 fully saturated rings. The van der Waals surface area contributed by atoms with Gasteiger partial charge in [0.15, 0.2) is 5.75 Å². The summed E-state index contributed by atoms with van der Waals surface area (Å²) in [6, 6.07) is 7.60. The molecule has 1 aliphatic heterocycles. The summed E-state index contributed by atoms with van der Waals surface area (Å²) in [5.74, 6) is -0.151. The van der Waals surface area contributed by atoms with Gasteiger partial charge in [-0.15, -0.1) is 0 Å². The number of halogens is 2. The quantitative estimate of drug-likeness (QED) is 0.317. The molecule has 11 heteroatoms. The van der Waals surface area contributed by atoms with Gasteiger partial charge in [0.25, 0.3) is 5.91 Å². The lowest BCUT2D eigenvalue weighted by Crippen LogP contribution is -2.38. The number of phenolic OH excluding ortho intramolecular Hbond substituents is 1. The van der Waals surface area contributed by atoms with Gasteiger partial charge in [0.1, 0.15) is 11.5 Å². The van der Waals surface area contributed by atoms with Crippen molar-refractivity contribution in [1.29, 1.82) is 0 Å². The third-order valence-corrected chi connectivity index (χ3v) is 4.97. The molecule has 2 aromatic carbocycles. The second kappa shape index (κ2) is 10.3. The number of aliphatic hydroxyl groups excluding tert-OH is 1. The van der Waals surface area contributed by atoms with Crippen LogP contribution < -0.4 is 15.5 Å². The van der Waals surface area contributed by atoms with Gasteiger partial charge in [-0.2, -0.15) is 5.48 Å². The van der Waals surface area contributed by atoms with Crippen molar-refractivity contribution in [3.63, 3.8) is 0 Å². The van der Waals surface area contributed by atoms with E-state index in [2.05, 4.69) is 10.2 Å². The number of benzene rings is 2. The predicted octanol–water partition coefficient (Wildman–Crippen LogP) is 2.56. The Hall–Kier alpha value is -2.11. The number of ether oxygens (including phenoxy) is 2. The zero-order chi connectivity index (χ0) is 21.7. The zero-order valence-corrected chi connectivity index (χ0v) is 17.3. The van der Waals surface area contributed by atoms with Crippen LogP contribution in [0.2, 0.25) is 10.0 Å². The minimum absolute atomic E-state index is 0.118. The van der Waals surface area contributed by atoms with Gasteiger partial charge < -0.3 is 30.2 Å². The number of amides is 1. The Bertz CT molecular complexity index is 885.